The zero-order valence-electron chi connectivity index (χ0n) is 19.2. The Balaban J connectivity index is 1.52. The Labute approximate surface area is 189 Å². The number of unbranched alkanes of at least 4 members (excludes halogenated alkanes) is 1. The van der Waals surface area contributed by atoms with E-state index in [2.05, 4.69) is 10.3 Å². The fourth-order valence-corrected chi connectivity index (χ4v) is 4.02. The third kappa shape index (κ3) is 6.02. The summed E-state index contributed by atoms with van der Waals surface area (Å²) in [4.78, 5) is 31.1. The molecule has 174 valence electrons. The van der Waals surface area contributed by atoms with Gasteiger partial charge in [0, 0.05) is 24.0 Å². The van der Waals surface area contributed by atoms with Crippen molar-refractivity contribution in [2.45, 2.75) is 70.9 Å². The number of aromatic hydroxyl groups is 1. The first kappa shape index (κ1) is 23.6. The third-order valence-electron chi connectivity index (χ3n) is 5.56. The van der Waals surface area contributed by atoms with Crippen molar-refractivity contribution in [2.24, 2.45) is 0 Å². The fourth-order valence-electron chi connectivity index (χ4n) is 4.02. The van der Waals surface area contributed by atoms with Crippen LogP contribution >= 0.6 is 0 Å². The van der Waals surface area contributed by atoms with E-state index in [-0.39, 0.29) is 11.7 Å². The molecule has 1 aromatic heterocycles. The average molecular weight is 443 g/mol. The number of ether oxygens (including phenoxy) is 1. The molecule has 4 N–H and O–H groups in total. The Hall–Kier alpha value is -3.03. The number of benzene rings is 1. The lowest BCUT2D eigenvalue weighted by Crippen LogP contribution is -2.53. The number of hydrogen-bond acceptors (Lipinski definition) is 6. The normalized spacial score (nSPS) is 16.7. The monoisotopic (exact) mass is 442 g/mol. The van der Waals surface area contributed by atoms with Crippen LogP contribution in [0.1, 0.15) is 58.4 Å². The summed E-state index contributed by atoms with van der Waals surface area (Å²) in [7, 11) is 0. The highest BCUT2D eigenvalue weighted by Crippen LogP contribution is 2.28. The van der Waals surface area contributed by atoms with Gasteiger partial charge < -0.3 is 20.9 Å². The number of fused-ring (bicyclic) bond motifs is 1. The van der Waals surface area contributed by atoms with Crippen LogP contribution in [0.4, 0.5) is 10.5 Å². The predicted octanol–water partition coefficient (Wildman–Crippen LogP) is 3.75. The number of phenols is 1. The van der Waals surface area contributed by atoms with Gasteiger partial charge >= 0.3 is 6.09 Å². The largest absolute Gasteiger partial charge is 0.508 e. The number of nitrogens with two attached hydrogens (primary N) is 1. The predicted molar refractivity (Wildman–Crippen MR) is 124 cm³/mol. The summed E-state index contributed by atoms with van der Waals surface area (Å²) in [5.41, 5.74) is 7.43. The SMILES string of the molecule is CC(C)(C)OC(=O)N1CCCCC1C(=O)NCCCCc1c(O)ccc2ncc(N)cc12. The maximum Gasteiger partial charge on any atom is 0.410 e. The second kappa shape index (κ2) is 10.1. The molecule has 0 radical (unpaired) electrons. The van der Waals surface area contributed by atoms with E-state index in [1.807, 2.05) is 26.8 Å². The van der Waals surface area contributed by atoms with Crippen molar-refractivity contribution in [3.63, 3.8) is 0 Å². The first-order valence-corrected chi connectivity index (χ1v) is 11.3. The van der Waals surface area contributed by atoms with Gasteiger partial charge in [-0.05, 0) is 77.5 Å². The highest BCUT2D eigenvalue weighted by Gasteiger charge is 2.34. The molecule has 8 nitrogen and oxygen atoms in total. The number of likely N-dealkylation sites (tertiary alicyclic amines) is 1. The molecule has 1 atom stereocenters. The van der Waals surface area contributed by atoms with Gasteiger partial charge in [-0.2, -0.15) is 0 Å². The van der Waals surface area contributed by atoms with Crippen molar-refractivity contribution in [1.29, 1.82) is 0 Å². The number of anilines is 1. The smallest absolute Gasteiger partial charge is 0.410 e. The maximum absolute atomic E-state index is 12.8. The topological polar surface area (TPSA) is 118 Å². The van der Waals surface area contributed by atoms with Gasteiger partial charge in [0.15, 0.2) is 0 Å². The van der Waals surface area contributed by atoms with E-state index in [1.54, 1.807) is 23.2 Å². The Kier molecular flexibility index (Phi) is 7.43. The molecule has 0 spiro atoms. The van der Waals surface area contributed by atoms with Crippen molar-refractivity contribution >= 4 is 28.6 Å². The highest BCUT2D eigenvalue weighted by atomic mass is 16.6. The molecular formula is C24H34N4O4. The van der Waals surface area contributed by atoms with E-state index >= 15 is 0 Å². The van der Waals surface area contributed by atoms with Gasteiger partial charge in [-0.15, -0.1) is 0 Å². The molecule has 8 heteroatoms. The third-order valence-corrected chi connectivity index (χ3v) is 5.56. The number of amides is 2. The summed E-state index contributed by atoms with van der Waals surface area (Å²) >= 11 is 0. The molecule has 3 rings (SSSR count). The standard InChI is InChI=1S/C24H34N4O4/c1-24(2,3)32-23(31)28-13-7-5-9-20(28)22(30)26-12-6-4-8-17-18-14-16(25)15-27-19(18)10-11-21(17)29/h10-11,14-15,20,29H,4-9,12-13,25H2,1-3H3,(H,26,30). The number of pyridine rings is 1. The van der Waals surface area contributed by atoms with Crippen LogP contribution in [0.5, 0.6) is 5.75 Å². The molecule has 1 unspecified atom stereocenters. The van der Waals surface area contributed by atoms with Gasteiger partial charge in [0.2, 0.25) is 5.91 Å². The van der Waals surface area contributed by atoms with Gasteiger partial charge in [0.1, 0.15) is 17.4 Å². The number of nitrogens with zero attached hydrogens (tertiary/aromatic N) is 2. The van der Waals surface area contributed by atoms with Crippen LogP contribution in [0.25, 0.3) is 10.9 Å². The molecular weight excluding hydrogens is 408 g/mol. The quantitative estimate of drug-likeness (QED) is 0.587. The number of nitrogen functional groups attached to an aromatic ring is 1. The maximum atomic E-state index is 12.8. The van der Waals surface area contributed by atoms with Gasteiger partial charge in [-0.1, -0.05) is 0 Å². The number of aromatic nitrogens is 1. The number of phenolic OH excluding ortho intramolecular Hbond substituents is 1. The Morgan fingerprint density at radius 2 is 2.06 bits per heavy atom. The van der Waals surface area contributed by atoms with Crippen molar-refractivity contribution in [2.75, 3.05) is 18.8 Å². The zero-order chi connectivity index (χ0) is 23.3. The highest BCUT2D eigenvalue weighted by molar-refractivity contribution is 5.87. The molecule has 1 aromatic carbocycles. The minimum atomic E-state index is -0.594. The molecule has 2 aromatic rings. The van der Waals surface area contributed by atoms with Gasteiger partial charge in [-0.25, -0.2) is 4.79 Å². The lowest BCUT2D eigenvalue weighted by molar-refractivity contribution is -0.127. The summed E-state index contributed by atoms with van der Waals surface area (Å²) in [6, 6.07) is 4.76. The van der Waals surface area contributed by atoms with Gasteiger partial charge in [-0.3, -0.25) is 14.7 Å². The molecule has 1 aliphatic rings. The van der Waals surface area contributed by atoms with Crippen molar-refractivity contribution in [1.82, 2.24) is 15.2 Å². The number of nitrogens with one attached hydrogen (secondary N) is 1. The van der Waals surface area contributed by atoms with Gasteiger partial charge in [0.25, 0.3) is 0 Å². The molecule has 0 bridgehead atoms. The molecule has 1 aliphatic heterocycles. The number of carbonyl (C=O) groups is 2. The van der Waals surface area contributed by atoms with E-state index in [9.17, 15) is 14.7 Å². The van der Waals surface area contributed by atoms with E-state index in [4.69, 9.17) is 10.5 Å². The number of carbonyl (C=O) groups excluding carboxylic acids is 2. The fraction of sp³-hybridized carbons (Fsp3) is 0.542. The molecule has 0 aliphatic carbocycles. The van der Waals surface area contributed by atoms with Crippen molar-refractivity contribution < 1.29 is 19.4 Å². The van der Waals surface area contributed by atoms with E-state index in [1.165, 1.54) is 0 Å². The van der Waals surface area contributed by atoms with E-state index in [0.29, 0.717) is 31.6 Å². The Bertz CT molecular complexity index is 965. The Morgan fingerprint density at radius 1 is 1.28 bits per heavy atom. The van der Waals surface area contributed by atoms with Gasteiger partial charge in [0.05, 0.1) is 17.4 Å². The van der Waals surface area contributed by atoms with Crippen LogP contribution in [0.3, 0.4) is 0 Å². The van der Waals surface area contributed by atoms with E-state index in [0.717, 1.165) is 42.1 Å². The molecule has 1 fully saturated rings. The second-order valence-electron chi connectivity index (χ2n) is 9.33. The molecule has 32 heavy (non-hydrogen) atoms. The first-order valence-electron chi connectivity index (χ1n) is 11.3. The molecule has 1 saturated heterocycles. The van der Waals surface area contributed by atoms with Crippen LogP contribution in [0, 0.1) is 0 Å². The number of rotatable bonds is 6. The summed E-state index contributed by atoms with van der Waals surface area (Å²) in [5, 5.41) is 14.1. The van der Waals surface area contributed by atoms with Crippen molar-refractivity contribution in [3.05, 3.63) is 30.0 Å². The molecule has 0 saturated carbocycles. The van der Waals surface area contributed by atoms with Crippen molar-refractivity contribution in [3.8, 4) is 5.75 Å². The summed E-state index contributed by atoms with van der Waals surface area (Å²) in [6.45, 7) is 6.50. The first-order chi connectivity index (χ1) is 15.2. The van der Waals surface area contributed by atoms with Crippen LogP contribution in [-0.4, -0.2) is 51.7 Å². The molecule has 2 heterocycles. The lowest BCUT2D eigenvalue weighted by atomic mass is 10.0. The minimum absolute atomic E-state index is 0.138. The van der Waals surface area contributed by atoms with Crippen LogP contribution in [-0.2, 0) is 16.0 Å². The Morgan fingerprint density at radius 3 is 2.81 bits per heavy atom. The zero-order valence-corrected chi connectivity index (χ0v) is 19.2. The van der Waals surface area contributed by atoms with E-state index < -0.39 is 17.7 Å². The minimum Gasteiger partial charge on any atom is -0.508 e. The summed E-state index contributed by atoms with van der Waals surface area (Å²) in [6.07, 6.45) is 5.77. The summed E-state index contributed by atoms with van der Waals surface area (Å²) < 4.78 is 5.47. The van der Waals surface area contributed by atoms with Crippen LogP contribution in [0.2, 0.25) is 0 Å². The average Bonchev–Trinajstić information content (AvgIpc) is 2.73. The lowest BCUT2D eigenvalue weighted by Gasteiger charge is -2.35. The van der Waals surface area contributed by atoms with Crippen LogP contribution < -0.4 is 11.1 Å². The second-order valence-corrected chi connectivity index (χ2v) is 9.33. The number of aryl methyl sites for hydroxylation is 1. The van der Waals surface area contributed by atoms with Crippen LogP contribution in [0.15, 0.2) is 24.4 Å². The number of hydrogen-bond donors (Lipinski definition) is 3. The summed E-state index contributed by atoms with van der Waals surface area (Å²) in [5.74, 6) is 0.0877. The number of piperidine rings is 1. The molecule has 2 amide bonds.